The lowest BCUT2D eigenvalue weighted by atomic mass is 10.1. The minimum absolute atomic E-state index is 0.416. The number of hydrogen-bond donors (Lipinski definition) is 2. The zero-order chi connectivity index (χ0) is 14.7. The van der Waals surface area contributed by atoms with Gasteiger partial charge in [0.1, 0.15) is 0 Å². The normalized spacial score (nSPS) is 11.3. The Balaban J connectivity index is 2.31. The molecular formula is C14H19N3O3. The van der Waals surface area contributed by atoms with Crippen LogP contribution in [0.15, 0.2) is 23.0 Å². The standard InChI is InChI=1S/C14H19N3O3/c1-3-16(4-2)8-7-10-5-6-11-12(9-10)17(14(19)20)13(18)15-11/h5-6,9H,3-4,7-8H2,1-2H3,(H,15,18)(H,19,20). The number of carbonyl (C=O) groups is 1. The fourth-order valence-electron chi connectivity index (χ4n) is 2.32. The van der Waals surface area contributed by atoms with Gasteiger partial charge in [0.25, 0.3) is 0 Å². The zero-order valence-corrected chi connectivity index (χ0v) is 11.7. The van der Waals surface area contributed by atoms with E-state index in [2.05, 4.69) is 23.7 Å². The van der Waals surface area contributed by atoms with Crippen LogP contribution < -0.4 is 5.69 Å². The summed E-state index contributed by atoms with van der Waals surface area (Å²) in [4.78, 5) is 27.5. The van der Waals surface area contributed by atoms with Crippen molar-refractivity contribution in [1.29, 1.82) is 0 Å². The Kier molecular flexibility index (Phi) is 4.24. The van der Waals surface area contributed by atoms with Crippen LogP contribution in [-0.2, 0) is 6.42 Å². The Morgan fingerprint density at radius 3 is 2.65 bits per heavy atom. The first-order chi connectivity index (χ1) is 9.56. The maximum absolute atomic E-state index is 11.6. The molecule has 2 aromatic rings. The highest BCUT2D eigenvalue weighted by molar-refractivity contribution is 5.85. The van der Waals surface area contributed by atoms with Gasteiger partial charge in [-0.3, -0.25) is 0 Å². The summed E-state index contributed by atoms with van der Waals surface area (Å²) in [7, 11) is 0. The second-order valence-corrected chi connectivity index (χ2v) is 4.68. The van der Waals surface area contributed by atoms with Crippen LogP contribution in [0.5, 0.6) is 0 Å². The number of likely N-dealkylation sites (N-methyl/N-ethyl adjacent to an activating group) is 1. The number of H-pyrrole nitrogens is 1. The summed E-state index contributed by atoms with van der Waals surface area (Å²) in [5.74, 6) is 0. The zero-order valence-electron chi connectivity index (χ0n) is 11.7. The lowest BCUT2D eigenvalue weighted by molar-refractivity contribution is 0.196. The van der Waals surface area contributed by atoms with Crippen LogP contribution in [0.2, 0.25) is 0 Å². The number of nitrogens with zero attached hydrogens (tertiary/aromatic N) is 2. The SMILES string of the molecule is CCN(CC)CCc1ccc2[nH]c(=O)n(C(=O)O)c2c1. The Morgan fingerprint density at radius 1 is 1.35 bits per heavy atom. The molecule has 0 saturated heterocycles. The number of imidazole rings is 1. The topological polar surface area (TPSA) is 78.3 Å². The van der Waals surface area contributed by atoms with E-state index in [0.717, 1.165) is 36.2 Å². The van der Waals surface area contributed by atoms with Gasteiger partial charge in [-0.05, 0) is 37.2 Å². The van der Waals surface area contributed by atoms with Gasteiger partial charge in [0.2, 0.25) is 0 Å². The molecule has 1 aromatic carbocycles. The molecule has 0 amide bonds. The molecule has 1 heterocycles. The molecule has 0 bridgehead atoms. The van der Waals surface area contributed by atoms with E-state index in [1.165, 1.54) is 0 Å². The van der Waals surface area contributed by atoms with Gasteiger partial charge in [0.05, 0.1) is 11.0 Å². The molecular weight excluding hydrogens is 258 g/mol. The van der Waals surface area contributed by atoms with Gasteiger partial charge >= 0.3 is 11.8 Å². The second-order valence-electron chi connectivity index (χ2n) is 4.68. The van der Waals surface area contributed by atoms with Crippen LogP contribution in [0.4, 0.5) is 4.79 Å². The van der Waals surface area contributed by atoms with E-state index in [1.807, 2.05) is 6.07 Å². The molecule has 2 rings (SSSR count). The number of aromatic nitrogens is 2. The molecule has 0 aliphatic heterocycles. The average molecular weight is 277 g/mol. The molecule has 0 aliphatic carbocycles. The summed E-state index contributed by atoms with van der Waals surface area (Å²) in [5.41, 5.74) is 1.37. The van der Waals surface area contributed by atoms with Gasteiger partial charge in [-0.25, -0.2) is 9.59 Å². The molecule has 0 atom stereocenters. The third kappa shape index (κ3) is 2.75. The molecule has 108 valence electrons. The molecule has 6 heteroatoms. The highest BCUT2D eigenvalue weighted by atomic mass is 16.4. The third-order valence-corrected chi connectivity index (χ3v) is 3.55. The summed E-state index contributed by atoms with van der Waals surface area (Å²) >= 11 is 0. The summed E-state index contributed by atoms with van der Waals surface area (Å²) in [6.07, 6.45) is -0.432. The van der Waals surface area contributed by atoms with Crippen molar-refractivity contribution in [2.45, 2.75) is 20.3 Å². The number of fused-ring (bicyclic) bond motifs is 1. The fraction of sp³-hybridized carbons (Fsp3) is 0.429. The minimum Gasteiger partial charge on any atom is -0.464 e. The second kappa shape index (κ2) is 5.92. The van der Waals surface area contributed by atoms with Crippen molar-refractivity contribution in [1.82, 2.24) is 14.5 Å². The van der Waals surface area contributed by atoms with E-state index in [-0.39, 0.29) is 0 Å². The highest BCUT2D eigenvalue weighted by Gasteiger charge is 2.12. The summed E-state index contributed by atoms with van der Waals surface area (Å²) in [5, 5.41) is 9.07. The van der Waals surface area contributed by atoms with E-state index in [9.17, 15) is 9.59 Å². The van der Waals surface area contributed by atoms with Crippen molar-refractivity contribution >= 4 is 17.1 Å². The van der Waals surface area contributed by atoms with Gasteiger partial charge in [0, 0.05) is 6.54 Å². The predicted molar refractivity (Wildman–Crippen MR) is 77.5 cm³/mol. The largest absolute Gasteiger partial charge is 0.464 e. The van der Waals surface area contributed by atoms with Crippen molar-refractivity contribution in [2.75, 3.05) is 19.6 Å². The first-order valence-corrected chi connectivity index (χ1v) is 6.76. The van der Waals surface area contributed by atoms with Crippen molar-refractivity contribution in [3.63, 3.8) is 0 Å². The number of nitrogens with one attached hydrogen (secondary N) is 1. The number of carboxylic acid groups (broad SMARTS) is 1. The van der Waals surface area contributed by atoms with Crippen molar-refractivity contribution in [3.8, 4) is 0 Å². The van der Waals surface area contributed by atoms with E-state index < -0.39 is 11.8 Å². The van der Waals surface area contributed by atoms with E-state index >= 15 is 0 Å². The molecule has 6 nitrogen and oxygen atoms in total. The quantitative estimate of drug-likeness (QED) is 0.872. The Morgan fingerprint density at radius 2 is 2.05 bits per heavy atom. The molecule has 0 radical (unpaired) electrons. The maximum atomic E-state index is 11.6. The molecule has 2 N–H and O–H groups in total. The van der Waals surface area contributed by atoms with Gasteiger partial charge in [0.15, 0.2) is 0 Å². The van der Waals surface area contributed by atoms with Crippen LogP contribution >= 0.6 is 0 Å². The average Bonchev–Trinajstić information content (AvgIpc) is 2.75. The molecule has 20 heavy (non-hydrogen) atoms. The Labute approximate surface area is 116 Å². The Hall–Kier alpha value is -2.08. The lowest BCUT2D eigenvalue weighted by Gasteiger charge is -2.17. The fourth-order valence-corrected chi connectivity index (χ4v) is 2.32. The van der Waals surface area contributed by atoms with Crippen molar-refractivity contribution in [3.05, 3.63) is 34.2 Å². The van der Waals surface area contributed by atoms with Gasteiger partial charge < -0.3 is 15.0 Å². The number of benzene rings is 1. The van der Waals surface area contributed by atoms with Crippen molar-refractivity contribution < 1.29 is 9.90 Å². The molecule has 0 saturated carbocycles. The lowest BCUT2D eigenvalue weighted by Crippen LogP contribution is -2.25. The van der Waals surface area contributed by atoms with Crippen LogP contribution in [0.1, 0.15) is 19.4 Å². The maximum Gasteiger partial charge on any atom is 0.420 e. The first-order valence-electron chi connectivity index (χ1n) is 6.76. The minimum atomic E-state index is -1.26. The molecule has 0 aliphatic rings. The summed E-state index contributed by atoms with van der Waals surface area (Å²) in [6.45, 7) is 7.12. The number of hydrogen-bond acceptors (Lipinski definition) is 3. The number of aromatic amines is 1. The molecule has 0 fully saturated rings. The van der Waals surface area contributed by atoms with Crippen LogP contribution in [0, 0.1) is 0 Å². The predicted octanol–water partition coefficient (Wildman–Crippen LogP) is 1.74. The van der Waals surface area contributed by atoms with Crippen LogP contribution in [0.3, 0.4) is 0 Å². The van der Waals surface area contributed by atoms with E-state index in [4.69, 9.17) is 5.11 Å². The monoisotopic (exact) mass is 277 g/mol. The summed E-state index contributed by atoms with van der Waals surface area (Å²) in [6, 6.07) is 5.45. The summed E-state index contributed by atoms with van der Waals surface area (Å²) < 4.78 is 0.746. The van der Waals surface area contributed by atoms with Crippen LogP contribution in [0.25, 0.3) is 11.0 Å². The van der Waals surface area contributed by atoms with Crippen LogP contribution in [-0.4, -0.2) is 45.3 Å². The van der Waals surface area contributed by atoms with Crippen molar-refractivity contribution in [2.24, 2.45) is 0 Å². The van der Waals surface area contributed by atoms with E-state index in [1.54, 1.807) is 12.1 Å². The smallest absolute Gasteiger partial charge is 0.420 e. The number of rotatable bonds is 5. The van der Waals surface area contributed by atoms with Gasteiger partial charge in [-0.1, -0.05) is 19.9 Å². The van der Waals surface area contributed by atoms with E-state index in [0.29, 0.717) is 11.0 Å². The first kappa shape index (κ1) is 14.3. The van der Waals surface area contributed by atoms with Gasteiger partial charge in [-0.2, -0.15) is 4.57 Å². The highest BCUT2D eigenvalue weighted by Crippen LogP contribution is 2.13. The molecule has 1 aromatic heterocycles. The van der Waals surface area contributed by atoms with Gasteiger partial charge in [-0.15, -0.1) is 0 Å². The molecule has 0 unspecified atom stereocenters. The third-order valence-electron chi connectivity index (χ3n) is 3.55. The Bertz CT molecular complexity index is 668. The molecule has 0 spiro atoms.